The molecule has 78 valence electrons. The first-order valence-corrected chi connectivity index (χ1v) is 4.84. The Morgan fingerprint density at radius 1 is 1.53 bits per heavy atom. The van der Waals surface area contributed by atoms with Gasteiger partial charge in [0.25, 0.3) is 5.91 Å². The Balaban J connectivity index is 2.46. The van der Waals surface area contributed by atoms with Gasteiger partial charge in [-0.1, -0.05) is 0 Å². The second-order valence-electron chi connectivity index (χ2n) is 3.12. The van der Waals surface area contributed by atoms with E-state index in [4.69, 9.17) is 0 Å². The number of hydrogen-bond donors (Lipinski definition) is 1. The predicted molar refractivity (Wildman–Crippen MR) is 59.4 cm³/mol. The van der Waals surface area contributed by atoms with Crippen LogP contribution >= 0.6 is 0 Å². The number of aromatic nitrogens is 1. The van der Waals surface area contributed by atoms with Crippen molar-refractivity contribution in [3.63, 3.8) is 0 Å². The number of aryl methyl sites for hydroxylation is 1. The van der Waals surface area contributed by atoms with Gasteiger partial charge in [-0.15, -0.1) is 11.8 Å². The zero-order chi connectivity index (χ0) is 11.1. The second kappa shape index (κ2) is 5.82. The van der Waals surface area contributed by atoms with Crippen LogP contribution in [-0.2, 0) is 0 Å². The normalized spacial score (nSPS) is 8.93. The molecule has 0 saturated heterocycles. The van der Waals surface area contributed by atoms with E-state index in [0.717, 1.165) is 5.69 Å². The highest BCUT2D eigenvalue weighted by atomic mass is 16.1. The van der Waals surface area contributed by atoms with E-state index in [2.05, 4.69) is 22.1 Å². The summed E-state index contributed by atoms with van der Waals surface area (Å²) in [6, 6.07) is 3.59. The molecule has 0 aliphatic rings. The minimum absolute atomic E-state index is 0.0968. The van der Waals surface area contributed by atoms with Crippen LogP contribution in [-0.4, -0.2) is 17.4 Å². The summed E-state index contributed by atoms with van der Waals surface area (Å²) in [5, 5.41) is 2.77. The smallest absolute Gasteiger partial charge is 0.252 e. The molecule has 1 heterocycles. The molecule has 1 amide bonds. The van der Waals surface area contributed by atoms with E-state index < -0.39 is 0 Å². The highest BCUT2D eigenvalue weighted by molar-refractivity contribution is 5.93. The minimum Gasteiger partial charge on any atom is -0.351 e. The molecule has 0 aromatic carbocycles. The van der Waals surface area contributed by atoms with Crippen molar-refractivity contribution >= 4 is 5.91 Å². The van der Waals surface area contributed by atoms with Gasteiger partial charge in [-0.05, 0) is 26.0 Å². The molecular formula is C12H14N2O. The van der Waals surface area contributed by atoms with E-state index in [-0.39, 0.29) is 5.91 Å². The minimum atomic E-state index is -0.0968. The van der Waals surface area contributed by atoms with Gasteiger partial charge in [0, 0.05) is 24.9 Å². The van der Waals surface area contributed by atoms with Gasteiger partial charge in [-0.3, -0.25) is 9.78 Å². The molecule has 0 unspecified atom stereocenters. The van der Waals surface area contributed by atoms with Gasteiger partial charge >= 0.3 is 0 Å². The Bertz CT molecular complexity index is 384. The molecule has 0 aliphatic carbocycles. The van der Waals surface area contributed by atoms with Crippen molar-refractivity contribution in [2.45, 2.75) is 20.3 Å². The van der Waals surface area contributed by atoms with Crippen LogP contribution < -0.4 is 5.32 Å². The summed E-state index contributed by atoms with van der Waals surface area (Å²) in [5.41, 5.74) is 1.49. The lowest BCUT2D eigenvalue weighted by Gasteiger charge is -2.02. The van der Waals surface area contributed by atoms with E-state index in [0.29, 0.717) is 18.5 Å². The molecule has 0 spiro atoms. The monoisotopic (exact) mass is 202 g/mol. The van der Waals surface area contributed by atoms with Crippen LogP contribution in [0.1, 0.15) is 29.4 Å². The molecule has 0 saturated carbocycles. The first kappa shape index (κ1) is 11.3. The molecule has 3 nitrogen and oxygen atoms in total. The van der Waals surface area contributed by atoms with Gasteiger partial charge in [0.1, 0.15) is 0 Å². The Labute approximate surface area is 89.9 Å². The Morgan fingerprint density at radius 3 is 2.93 bits per heavy atom. The van der Waals surface area contributed by atoms with Crippen LogP contribution in [0.4, 0.5) is 0 Å². The van der Waals surface area contributed by atoms with Crippen LogP contribution in [0.5, 0.6) is 0 Å². The number of amides is 1. The van der Waals surface area contributed by atoms with Crippen molar-refractivity contribution in [1.82, 2.24) is 10.3 Å². The molecule has 0 bridgehead atoms. The van der Waals surface area contributed by atoms with Crippen molar-refractivity contribution in [3.05, 3.63) is 29.6 Å². The maximum Gasteiger partial charge on any atom is 0.252 e. The molecule has 0 radical (unpaired) electrons. The summed E-state index contributed by atoms with van der Waals surface area (Å²) < 4.78 is 0. The fourth-order valence-corrected chi connectivity index (χ4v) is 1.07. The molecule has 15 heavy (non-hydrogen) atoms. The van der Waals surface area contributed by atoms with Crippen molar-refractivity contribution in [3.8, 4) is 11.8 Å². The summed E-state index contributed by atoms with van der Waals surface area (Å²) in [4.78, 5) is 15.6. The highest BCUT2D eigenvalue weighted by Crippen LogP contribution is 1.98. The molecule has 0 aliphatic heterocycles. The van der Waals surface area contributed by atoms with E-state index in [9.17, 15) is 4.79 Å². The van der Waals surface area contributed by atoms with Gasteiger partial charge in [-0.25, -0.2) is 0 Å². The van der Waals surface area contributed by atoms with Gasteiger partial charge in [0.15, 0.2) is 0 Å². The first-order chi connectivity index (χ1) is 7.24. The van der Waals surface area contributed by atoms with Gasteiger partial charge in [-0.2, -0.15) is 0 Å². The van der Waals surface area contributed by atoms with Gasteiger partial charge in [0.05, 0.1) is 5.56 Å². The van der Waals surface area contributed by atoms with Gasteiger partial charge in [0.2, 0.25) is 0 Å². The van der Waals surface area contributed by atoms with Crippen LogP contribution in [0.25, 0.3) is 0 Å². The average molecular weight is 202 g/mol. The van der Waals surface area contributed by atoms with E-state index in [1.54, 1.807) is 19.2 Å². The van der Waals surface area contributed by atoms with E-state index in [1.807, 2.05) is 13.0 Å². The third-order valence-electron chi connectivity index (χ3n) is 1.89. The lowest BCUT2D eigenvalue weighted by molar-refractivity contribution is 0.0954. The first-order valence-electron chi connectivity index (χ1n) is 4.84. The zero-order valence-electron chi connectivity index (χ0n) is 9.00. The van der Waals surface area contributed by atoms with Crippen molar-refractivity contribution in [2.75, 3.05) is 6.54 Å². The van der Waals surface area contributed by atoms with Crippen LogP contribution in [0, 0.1) is 18.8 Å². The summed E-state index contributed by atoms with van der Waals surface area (Å²) >= 11 is 0. The number of rotatable bonds is 3. The predicted octanol–water partition coefficient (Wildman–Crippen LogP) is 1.53. The lowest BCUT2D eigenvalue weighted by Crippen LogP contribution is -2.24. The summed E-state index contributed by atoms with van der Waals surface area (Å²) in [6.07, 6.45) is 2.26. The van der Waals surface area contributed by atoms with Crippen LogP contribution in [0.2, 0.25) is 0 Å². The molecule has 0 atom stereocenters. The third kappa shape index (κ3) is 3.82. The fraction of sp³-hybridized carbons (Fsp3) is 0.333. The largest absolute Gasteiger partial charge is 0.351 e. The summed E-state index contributed by atoms with van der Waals surface area (Å²) in [7, 11) is 0. The van der Waals surface area contributed by atoms with Gasteiger partial charge < -0.3 is 5.32 Å². The highest BCUT2D eigenvalue weighted by Gasteiger charge is 2.03. The number of nitrogens with zero attached hydrogens (tertiary/aromatic N) is 1. The number of nitrogens with one attached hydrogen (secondary N) is 1. The maximum absolute atomic E-state index is 11.5. The summed E-state index contributed by atoms with van der Waals surface area (Å²) in [6.45, 7) is 4.25. The quantitative estimate of drug-likeness (QED) is 0.596. The summed E-state index contributed by atoms with van der Waals surface area (Å²) in [5.74, 6) is 5.56. The third-order valence-corrected chi connectivity index (χ3v) is 1.89. The van der Waals surface area contributed by atoms with Crippen molar-refractivity contribution in [1.29, 1.82) is 0 Å². The molecule has 1 aromatic heterocycles. The standard InChI is InChI=1S/C12H14N2O/c1-3-4-5-8-13-12(15)11-7-6-10(2)14-9-11/h6-7,9H,5,8H2,1-2H3,(H,13,15). The average Bonchev–Trinajstić information content (AvgIpc) is 2.25. The maximum atomic E-state index is 11.5. The fourth-order valence-electron chi connectivity index (χ4n) is 1.07. The molecule has 0 fully saturated rings. The molecular weight excluding hydrogens is 188 g/mol. The van der Waals surface area contributed by atoms with E-state index in [1.165, 1.54) is 0 Å². The number of pyridine rings is 1. The lowest BCUT2D eigenvalue weighted by atomic mass is 10.2. The molecule has 1 aromatic rings. The van der Waals surface area contributed by atoms with Crippen LogP contribution in [0.3, 0.4) is 0 Å². The molecule has 1 N–H and O–H groups in total. The molecule has 3 heteroatoms. The number of carbonyl (C=O) groups is 1. The Hall–Kier alpha value is -1.82. The Kier molecular flexibility index (Phi) is 4.36. The van der Waals surface area contributed by atoms with Crippen molar-refractivity contribution < 1.29 is 4.79 Å². The second-order valence-corrected chi connectivity index (χ2v) is 3.12. The van der Waals surface area contributed by atoms with Crippen LogP contribution in [0.15, 0.2) is 18.3 Å². The number of carbonyl (C=O) groups excluding carboxylic acids is 1. The van der Waals surface area contributed by atoms with E-state index >= 15 is 0 Å². The topological polar surface area (TPSA) is 42.0 Å². The Morgan fingerprint density at radius 2 is 2.33 bits per heavy atom. The molecule has 1 rings (SSSR count). The number of hydrogen-bond acceptors (Lipinski definition) is 2. The SMILES string of the molecule is CC#CCCNC(=O)c1ccc(C)nc1. The van der Waals surface area contributed by atoms with Crippen molar-refractivity contribution in [2.24, 2.45) is 0 Å². The zero-order valence-corrected chi connectivity index (χ0v) is 9.00.